The number of hydrogen-bond acceptors (Lipinski definition) is 6. The molecule has 1 aliphatic carbocycles. The highest BCUT2D eigenvalue weighted by Crippen LogP contribution is 2.31. The summed E-state index contributed by atoms with van der Waals surface area (Å²) in [5.41, 5.74) is 6.95. The van der Waals surface area contributed by atoms with Crippen LogP contribution in [0.25, 0.3) is 22.4 Å². The van der Waals surface area contributed by atoms with Gasteiger partial charge in [-0.1, -0.05) is 51.1 Å². The van der Waals surface area contributed by atoms with E-state index in [2.05, 4.69) is 88.0 Å². The number of piperazine rings is 1. The predicted molar refractivity (Wildman–Crippen MR) is 148 cm³/mol. The second-order valence-electron chi connectivity index (χ2n) is 11.3. The summed E-state index contributed by atoms with van der Waals surface area (Å²) < 4.78 is 5.89. The number of imidazole rings is 1. The van der Waals surface area contributed by atoms with Crippen molar-refractivity contribution >= 4 is 16.7 Å². The van der Waals surface area contributed by atoms with Gasteiger partial charge in [-0.05, 0) is 48.4 Å². The maximum Gasteiger partial charge on any atom is 0.316 e. The highest BCUT2D eigenvalue weighted by Gasteiger charge is 2.23. The Bertz CT molecular complexity index is 1360. The summed E-state index contributed by atoms with van der Waals surface area (Å²) in [5.74, 6) is 0.922. The van der Waals surface area contributed by atoms with Crippen LogP contribution in [0.5, 0.6) is 6.01 Å². The third kappa shape index (κ3) is 5.18. The van der Waals surface area contributed by atoms with Crippen molar-refractivity contribution in [3.05, 3.63) is 66.0 Å². The van der Waals surface area contributed by atoms with Crippen molar-refractivity contribution in [3.63, 3.8) is 0 Å². The van der Waals surface area contributed by atoms with Gasteiger partial charge in [0.25, 0.3) is 0 Å². The van der Waals surface area contributed by atoms with Gasteiger partial charge in [0.2, 0.25) is 0 Å². The standard InChI is InChI=1S/C30H36N6O/c1-30(2,3)22-12-10-21(11-13-22)28-33-25-8-5-9-26(27(25)34-28)36-18-16-35(17-19-36)20-23-14-15-31-29(32-23)37-24-6-4-7-24/h5,8-15,24H,4,6-7,16-20H2,1-3H3,(H,33,34). The largest absolute Gasteiger partial charge is 0.460 e. The average molecular weight is 497 g/mol. The Morgan fingerprint density at radius 1 is 0.946 bits per heavy atom. The minimum absolute atomic E-state index is 0.140. The molecule has 0 spiro atoms. The Balaban J connectivity index is 1.13. The molecule has 1 N–H and O–H groups in total. The van der Waals surface area contributed by atoms with Crippen LogP contribution >= 0.6 is 0 Å². The van der Waals surface area contributed by atoms with E-state index in [4.69, 9.17) is 9.72 Å². The molecule has 6 rings (SSSR count). The molecular formula is C30H36N6O. The van der Waals surface area contributed by atoms with Crippen molar-refractivity contribution in [3.8, 4) is 17.4 Å². The summed E-state index contributed by atoms with van der Waals surface area (Å²) in [7, 11) is 0. The molecule has 3 heterocycles. The third-order valence-corrected chi connectivity index (χ3v) is 7.63. The topological polar surface area (TPSA) is 70.2 Å². The lowest BCUT2D eigenvalue weighted by molar-refractivity contribution is 0.108. The van der Waals surface area contributed by atoms with Gasteiger partial charge in [0, 0.05) is 44.5 Å². The van der Waals surface area contributed by atoms with E-state index in [1.54, 1.807) is 0 Å². The Morgan fingerprint density at radius 3 is 2.43 bits per heavy atom. The second kappa shape index (κ2) is 9.78. The third-order valence-electron chi connectivity index (χ3n) is 7.63. The van der Waals surface area contributed by atoms with Gasteiger partial charge in [-0.3, -0.25) is 4.90 Å². The molecule has 1 saturated heterocycles. The number of rotatable bonds is 6. The van der Waals surface area contributed by atoms with Crippen LogP contribution in [-0.4, -0.2) is 57.1 Å². The molecule has 1 saturated carbocycles. The van der Waals surface area contributed by atoms with Crippen molar-refractivity contribution in [2.24, 2.45) is 0 Å². The van der Waals surface area contributed by atoms with Crippen molar-refractivity contribution < 1.29 is 4.74 Å². The molecule has 2 fully saturated rings. The normalized spacial score (nSPS) is 17.2. The first kappa shape index (κ1) is 23.9. The fourth-order valence-corrected chi connectivity index (χ4v) is 5.08. The van der Waals surface area contributed by atoms with Gasteiger partial charge < -0.3 is 14.6 Å². The lowest BCUT2D eigenvalue weighted by Gasteiger charge is -2.36. The van der Waals surface area contributed by atoms with E-state index in [0.717, 1.165) is 73.7 Å². The first-order valence-corrected chi connectivity index (χ1v) is 13.5. The van der Waals surface area contributed by atoms with Crippen molar-refractivity contribution in [2.45, 2.75) is 58.1 Å². The smallest absolute Gasteiger partial charge is 0.316 e. The zero-order valence-electron chi connectivity index (χ0n) is 22.1. The molecule has 2 aromatic carbocycles. The molecule has 2 aliphatic rings. The van der Waals surface area contributed by atoms with Gasteiger partial charge in [-0.2, -0.15) is 4.98 Å². The second-order valence-corrected chi connectivity index (χ2v) is 11.3. The molecule has 7 heteroatoms. The number of aromatic amines is 1. The zero-order chi connectivity index (χ0) is 25.4. The Labute approximate surface area is 218 Å². The van der Waals surface area contributed by atoms with Gasteiger partial charge in [0.1, 0.15) is 11.9 Å². The lowest BCUT2D eigenvalue weighted by Crippen LogP contribution is -2.46. The van der Waals surface area contributed by atoms with E-state index >= 15 is 0 Å². The molecule has 2 aromatic heterocycles. The molecule has 1 aliphatic heterocycles. The van der Waals surface area contributed by atoms with Crippen LogP contribution in [0.3, 0.4) is 0 Å². The van der Waals surface area contributed by atoms with Gasteiger partial charge >= 0.3 is 6.01 Å². The molecule has 37 heavy (non-hydrogen) atoms. The monoisotopic (exact) mass is 496 g/mol. The fraction of sp³-hybridized carbons (Fsp3) is 0.433. The Morgan fingerprint density at radius 2 is 1.73 bits per heavy atom. The van der Waals surface area contributed by atoms with E-state index < -0.39 is 0 Å². The molecule has 7 nitrogen and oxygen atoms in total. The van der Waals surface area contributed by atoms with Crippen molar-refractivity contribution in [1.29, 1.82) is 0 Å². The lowest BCUT2D eigenvalue weighted by atomic mass is 9.87. The van der Waals surface area contributed by atoms with Crippen LogP contribution in [0.4, 0.5) is 5.69 Å². The van der Waals surface area contributed by atoms with Crippen LogP contribution in [-0.2, 0) is 12.0 Å². The van der Waals surface area contributed by atoms with Gasteiger partial charge in [-0.25, -0.2) is 9.97 Å². The van der Waals surface area contributed by atoms with E-state index in [0.29, 0.717) is 12.1 Å². The first-order chi connectivity index (χ1) is 17.9. The fourth-order valence-electron chi connectivity index (χ4n) is 5.08. The Kier molecular flexibility index (Phi) is 6.32. The number of fused-ring (bicyclic) bond motifs is 1. The summed E-state index contributed by atoms with van der Waals surface area (Å²) in [5, 5.41) is 0. The van der Waals surface area contributed by atoms with Gasteiger partial charge in [-0.15, -0.1) is 0 Å². The van der Waals surface area contributed by atoms with Crippen LogP contribution in [0.15, 0.2) is 54.7 Å². The number of ether oxygens (including phenoxy) is 1. The SMILES string of the molecule is CC(C)(C)c1ccc(-c2nc3cccc(N4CCN(Cc5ccnc(OC6CCC6)n5)CC4)c3[nH]2)cc1. The molecule has 192 valence electrons. The van der Waals surface area contributed by atoms with Crippen molar-refractivity contribution in [2.75, 3.05) is 31.1 Å². The number of aromatic nitrogens is 4. The summed E-state index contributed by atoms with van der Waals surface area (Å²) in [6, 6.07) is 17.7. The van der Waals surface area contributed by atoms with E-state index in [1.807, 2.05) is 12.3 Å². The maximum atomic E-state index is 5.89. The highest BCUT2D eigenvalue weighted by atomic mass is 16.5. The van der Waals surface area contributed by atoms with Crippen molar-refractivity contribution in [1.82, 2.24) is 24.8 Å². The summed E-state index contributed by atoms with van der Waals surface area (Å²) in [6.45, 7) is 11.4. The number of nitrogens with zero attached hydrogens (tertiary/aromatic N) is 5. The summed E-state index contributed by atoms with van der Waals surface area (Å²) in [6.07, 6.45) is 5.59. The molecule has 0 radical (unpaired) electrons. The average Bonchev–Trinajstić information content (AvgIpc) is 3.31. The van der Waals surface area contributed by atoms with Gasteiger partial charge in [0.15, 0.2) is 0 Å². The number of benzene rings is 2. The first-order valence-electron chi connectivity index (χ1n) is 13.5. The summed E-state index contributed by atoms with van der Waals surface area (Å²) in [4.78, 5) is 22.4. The minimum atomic E-state index is 0.140. The molecule has 0 unspecified atom stereocenters. The number of nitrogens with one attached hydrogen (secondary N) is 1. The van der Waals surface area contributed by atoms with Crippen LogP contribution in [0.2, 0.25) is 0 Å². The molecule has 0 amide bonds. The number of para-hydroxylation sites is 1. The minimum Gasteiger partial charge on any atom is -0.460 e. The molecular weight excluding hydrogens is 460 g/mol. The molecule has 4 aromatic rings. The number of anilines is 1. The van der Waals surface area contributed by atoms with Crippen LogP contribution in [0.1, 0.15) is 51.3 Å². The molecule has 0 bridgehead atoms. The number of hydrogen-bond donors (Lipinski definition) is 1. The van der Waals surface area contributed by atoms with Crippen LogP contribution < -0.4 is 9.64 Å². The number of H-pyrrole nitrogens is 1. The highest BCUT2D eigenvalue weighted by molar-refractivity contribution is 5.91. The molecule has 0 atom stereocenters. The van der Waals surface area contributed by atoms with E-state index in [9.17, 15) is 0 Å². The maximum absolute atomic E-state index is 5.89. The Hall–Kier alpha value is -3.45. The van der Waals surface area contributed by atoms with E-state index in [1.165, 1.54) is 17.7 Å². The quantitative estimate of drug-likeness (QED) is 0.376. The van der Waals surface area contributed by atoms with Crippen LogP contribution in [0, 0.1) is 0 Å². The van der Waals surface area contributed by atoms with Gasteiger partial charge in [0.05, 0.1) is 22.4 Å². The predicted octanol–water partition coefficient (Wildman–Crippen LogP) is 5.57. The summed E-state index contributed by atoms with van der Waals surface area (Å²) >= 11 is 0. The zero-order valence-corrected chi connectivity index (χ0v) is 22.1. The van der Waals surface area contributed by atoms with E-state index in [-0.39, 0.29) is 5.41 Å².